The van der Waals surface area contributed by atoms with Crippen LogP contribution in [0.1, 0.15) is 19.8 Å². The van der Waals surface area contributed by atoms with E-state index in [-0.39, 0.29) is 12.5 Å². The minimum Gasteiger partial charge on any atom is -0.491 e. The molecule has 0 aliphatic carbocycles. The number of ether oxygens (including phenoxy) is 1. The predicted molar refractivity (Wildman–Crippen MR) is 100 cm³/mol. The van der Waals surface area contributed by atoms with Gasteiger partial charge in [0.05, 0.1) is 29.5 Å². The van der Waals surface area contributed by atoms with Crippen molar-refractivity contribution in [2.45, 2.75) is 19.8 Å². The zero-order valence-electron chi connectivity index (χ0n) is 13.4. The molecule has 128 valence electrons. The van der Waals surface area contributed by atoms with E-state index in [1.54, 1.807) is 18.2 Å². The molecule has 0 aliphatic heterocycles. The number of halogens is 2. The summed E-state index contributed by atoms with van der Waals surface area (Å²) in [7, 11) is 0. The van der Waals surface area contributed by atoms with E-state index in [1.165, 1.54) is 0 Å². The number of carbonyl (C=O) groups is 1. The first-order chi connectivity index (χ1) is 11.6. The molecule has 4 nitrogen and oxygen atoms in total. The largest absolute Gasteiger partial charge is 0.491 e. The first-order valence-corrected chi connectivity index (χ1v) is 8.56. The van der Waals surface area contributed by atoms with Gasteiger partial charge in [-0.1, -0.05) is 48.7 Å². The number of hydrogen-bond acceptors (Lipinski definition) is 3. The molecule has 0 spiro atoms. The Hall–Kier alpha value is -1.91. The lowest BCUT2D eigenvalue weighted by atomic mass is 10.3. The van der Waals surface area contributed by atoms with Crippen LogP contribution in [0.5, 0.6) is 5.75 Å². The van der Waals surface area contributed by atoms with Crippen LogP contribution in [-0.2, 0) is 4.79 Å². The van der Waals surface area contributed by atoms with E-state index >= 15 is 0 Å². The lowest BCUT2D eigenvalue weighted by Gasteiger charge is -2.13. The molecule has 2 rings (SSSR count). The fraction of sp³-hybridized carbons (Fsp3) is 0.278. The van der Waals surface area contributed by atoms with E-state index in [0.717, 1.165) is 12.8 Å². The fourth-order valence-electron chi connectivity index (χ4n) is 2.02. The highest BCUT2D eigenvalue weighted by atomic mass is 35.5. The zero-order chi connectivity index (χ0) is 17.4. The molecule has 0 fully saturated rings. The molecule has 6 heteroatoms. The van der Waals surface area contributed by atoms with Crippen molar-refractivity contribution in [2.75, 3.05) is 23.8 Å². The van der Waals surface area contributed by atoms with Crippen LogP contribution >= 0.6 is 23.2 Å². The molecule has 0 atom stereocenters. The van der Waals surface area contributed by atoms with Crippen LogP contribution in [0.4, 0.5) is 11.4 Å². The number of carbonyl (C=O) groups excluding carboxylic acids is 1. The van der Waals surface area contributed by atoms with Crippen LogP contribution in [0.2, 0.25) is 10.0 Å². The average Bonchev–Trinajstić information content (AvgIpc) is 2.56. The van der Waals surface area contributed by atoms with Gasteiger partial charge in [-0.15, -0.1) is 0 Å². The molecule has 0 heterocycles. The molecular formula is C18H20Cl2N2O2. The van der Waals surface area contributed by atoms with Crippen LogP contribution in [0.3, 0.4) is 0 Å². The van der Waals surface area contributed by atoms with Crippen LogP contribution < -0.4 is 15.4 Å². The maximum atomic E-state index is 12.1. The molecule has 0 unspecified atom stereocenters. The van der Waals surface area contributed by atoms with Crippen molar-refractivity contribution in [3.05, 3.63) is 52.5 Å². The quantitative estimate of drug-likeness (QED) is 0.629. The van der Waals surface area contributed by atoms with E-state index in [2.05, 4.69) is 17.6 Å². The summed E-state index contributed by atoms with van der Waals surface area (Å²) in [5.74, 6) is 0.483. The van der Waals surface area contributed by atoms with Crippen molar-refractivity contribution in [3.63, 3.8) is 0 Å². The van der Waals surface area contributed by atoms with Crippen LogP contribution in [-0.4, -0.2) is 19.1 Å². The number of amides is 1. The molecule has 0 aromatic heterocycles. The van der Waals surface area contributed by atoms with Crippen molar-refractivity contribution in [3.8, 4) is 5.75 Å². The topological polar surface area (TPSA) is 50.4 Å². The maximum absolute atomic E-state index is 12.1. The molecule has 0 saturated carbocycles. The highest BCUT2D eigenvalue weighted by molar-refractivity contribution is 6.36. The Kier molecular flexibility index (Phi) is 7.22. The van der Waals surface area contributed by atoms with Crippen molar-refractivity contribution >= 4 is 40.5 Å². The van der Waals surface area contributed by atoms with Gasteiger partial charge in [-0.05, 0) is 36.8 Å². The summed E-state index contributed by atoms with van der Waals surface area (Å²) in [5.41, 5.74) is 1.31. The van der Waals surface area contributed by atoms with Crippen molar-refractivity contribution < 1.29 is 9.53 Å². The van der Waals surface area contributed by atoms with Gasteiger partial charge >= 0.3 is 0 Å². The molecule has 0 bridgehead atoms. The summed E-state index contributed by atoms with van der Waals surface area (Å²) in [5, 5.41) is 6.85. The summed E-state index contributed by atoms with van der Waals surface area (Å²) < 4.78 is 5.70. The Balaban J connectivity index is 1.92. The smallest absolute Gasteiger partial charge is 0.243 e. The highest BCUT2D eigenvalue weighted by Gasteiger charge is 2.08. The summed E-state index contributed by atoms with van der Waals surface area (Å²) in [6, 6.07) is 12.5. The number of anilines is 2. The fourth-order valence-corrected chi connectivity index (χ4v) is 2.50. The van der Waals surface area contributed by atoms with Gasteiger partial charge in [0, 0.05) is 5.02 Å². The number of nitrogens with one attached hydrogen (secondary N) is 2. The Morgan fingerprint density at radius 1 is 1.12 bits per heavy atom. The van der Waals surface area contributed by atoms with Gasteiger partial charge in [0.25, 0.3) is 0 Å². The summed E-state index contributed by atoms with van der Waals surface area (Å²) in [6.07, 6.45) is 2.03. The predicted octanol–water partition coefficient (Wildman–Crippen LogP) is 5.22. The van der Waals surface area contributed by atoms with Crippen molar-refractivity contribution in [1.29, 1.82) is 0 Å². The Morgan fingerprint density at radius 3 is 2.67 bits per heavy atom. The summed E-state index contributed by atoms with van der Waals surface area (Å²) >= 11 is 11.9. The molecule has 2 N–H and O–H groups in total. The van der Waals surface area contributed by atoms with Gasteiger partial charge in [-0.25, -0.2) is 0 Å². The van der Waals surface area contributed by atoms with E-state index in [4.69, 9.17) is 27.9 Å². The normalized spacial score (nSPS) is 10.3. The number of hydrogen-bond donors (Lipinski definition) is 2. The van der Waals surface area contributed by atoms with E-state index in [0.29, 0.717) is 33.8 Å². The van der Waals surface area contributed by atoms with Gasteiger partial charge in [0.2, 0.25) is 5.91 Å². The van der Waals surface area contributed by atoms with Gasteiger partial charge in [-0.3, -0.25) is 4.79 Å². The first kappa shape index (κ1) is 18.4. The second kappa shape index (κ2) is 9.40. The van der Waals surface area contributed by atoms with E-state index < -0.39 is 0 Å². The van der Waals surface area contributed by atoms with E-state index in [9.17, 15) is 4.79 Å². The van der Waals surface area contributed by atoms with E-state index in [1.807, 2.05) is 24.3 Å². The number of benzene rings is 2. The number of rotatable bonds is 8. The summed E-state index contributed by atoms with van der Waals surface area (Å²) in [4.78, 5) is 12.1. The third-order valence-electron chi connectivity index (χ3n) is 3.29. The molecule has 24 heavy (non-hydrogen) atoms. The van der Waals surface area contributed by atoms with Crippen molar-refractivity contribution in [1.82, 2.24) is 0 Å². The second-order valence-electron chi connectivity index (χ2n) is 5.22. The third kappa shape index (κ3) is 5.62. The standard InChI is InChI=1S/C18H20Cl2N2O2/c1-2-3-10-24-17-7-5-4-6-16(17)22-18(23)12-21-15-9-8-13(19)11-14(15)20/h4-9,11,21H,2-3,10,12H2,1H3,(H,22,23). The minimum atomic E-state index is -0.187. The first-order valence-electron chi connectivity index (χ1n) is 7.80. The molecule has 1 amide bonds. The van der Waals surface area contributed by atoms with Crippen molar-refractivity contribution in [2.24, 2.45) is 0 Å². The number of unbranched alkanes of at least 4 members (excludes halogenated alkanes) is 1. The lowest BCUT2D eigenvalue weighted by Crippen LogP contribution is -2.22. The maximum Gasteiger partial charge on any atom is 0.243 e. The molecule has 0 saturated heterocycles. The Bertz CT molecular complexity index is 692. The Morgan fingerprint density at radius 2 is 1.92 bits per heavy atom. The highest BCUT2D eigenvalue weighted by Crippen LogP contribution is 2.26. The van der Waals surface area contributed by atoms with Gasteiger partial charge in [0.1, 0.15) is 5.75 Å². The van der Waals surface area contributed by atoms with Gasteiger partial charge < -0.3 is 15.4 Å². The third-order valence-corrected chi connectivity index (χ3v) is 3.83. The molecule has 2 aromatic carbocycles. The molecule has 0 aliphatic rings. The molecule has 2 aromatic rings. The monoisotopic (exact) mass is 366 g/mol. The number of para-hydroxylation sites is 2. The summed E-state index contributed by atoms with van der Waals surface area (Å²) in [6.45, 7) is 2.82. The SMILES string of the molecule is CCCCOc1ccccc1NC(=O)CNc1ccc(Cl)cc1Cl. The molecular weight excluding hydrogens is 347 g/mol. The minimum absolute atomic E-state index is 0.0879. The van der Waals surface area contributed by atoms with Crippen LogP contribution in [0, 0.1) is 0 Å². The van der Waals surface area contributed by atoms with Gasteiger partial charge in [0.15, 0.2) is 0 Å². The zero-order valence-corrected chi connectivity index (χ0v) is 15.0. The Labute approximate surface area is 152 Å². The lowest BCUT2D eigenvalue weighted by molar-refractivity contribution is -0.114. The second-order valence-corrected chi connectivity index (χ2v) is 6.07. The van der Waals surface area contributed by atoms with Crippen LogP contribution in [0.15, 0.2) is 42.5 Å². The average molecular weight is 367 g/mol. The molecule has 0 radical (unpaired) electrons. The van der Waals surface area contributed by atoms with Crippen LogP contribution in [0.25, 0.3) is 0 Å². The van der Waals surface area contributed by atoms with Gasteiger partial charge in [-0.2, -0.15) is 0 Å².